The van der Waals surface area contributed by atoms with Gasteiger partial charge < -0.3 is 9.80 Å². The average molecular weight is 288 g/mol. The number of nitrogens with zero attached hydrogens (tertiary/aromatic N) is 2. The summed E-state index contributed by atoms with van der Waals surface area (Å²) in [5, 5.41) is 0. The van der Waals surface area contributed by atoms with Gasteiger partial charge in [-0.1, -0.05) is 52.8 Å². The van der Waals surface area contributed by atoms with Crippen LogP contribution in [-0.2, 0) is 4.79 Å². The zero-order chi connectivity index (χ0) is 15.6. The number of benzene rings is 1. The highest BCUT2D eigenvalue weighted by molar-refractivity contribution is 5.81. The SMILES string of the molecule is CC(C)c1ccccc1N1CCN(C(=O)C(C)(C)C)CC1. The van der Waals surface area contributed by atoms with E-state index in [0.717, 1.165) is 26.2 Å². The van der Waals surface area contributed by atoms with Crippen molar-refractivity contribution in [1.82, 2.24) is 4.90 Å². The molecule has 1 saturated heterocycles. The minimum absolute atomic E-state index is 0.263. The van der Waals surface area contributed by atoms with Gasteiger partial charge in [0.25, 0.3) is 0 Å². The van der Waals surface area contributed by atoms with Crippen molar-refractivity contribution in [2.45, 2.75) is 40.5 Å². The molecule has 0 aromatic heterocycles. The van der Waals surface area contributed by atoms with Gasteiger partial charge in [0.15, 0.2) is 0 Å². The summed E-state index contributed by atoms with van der Waals surface area (Å²) in [6.07, 6.45) is 0. The van der Waals surface area contributed by atoms with Crippen molar-refractivity contribution < 1.29 is 4.79 Å². The highest BCUT2D eigenvalue weighted by atomic mass is 16.2. The lowest BCUT2D eigenvalue weighted by atomic mass is 9.94. The van der Waals surface area contributed by atoms with Gasteiger partial charge in [-0.05, 0) is 17.5 Å². The molecular formula is C18H28N2O. The maximum absolute atomic E-state index is 12.3. The predicted octanol–water partition coefficient (Wildman–Crippen LogP) is 3.50. The zero-order valence-electron chi connectivity index (χ0n) is 14.0. The number of anilines is 1. The van der Waals surface area contributed by atoms with Gasteiger partial charge in [0.2, 0.25) is 5.91 Å². The number of piperazine rings is 1. The zero-order valence-corrected chi connectivity index (χ0v) is 14.0. The van der Waals surface area contributed by atoms with Crippen molar-refractivity contribution in [3.63, 3.8) is 0 Å². The van der Waals surface area contributed by atoms with Gasteiger partial charge in [0.05, 0.1) is 0 Å². The molecule has 116 valence electrons. The molecule has 3 heteroatoms. The summed E-state index contributed by atoms with van der Waals surface area (Å²) in [4.78, 5) is 16.8. The van der Waals surface area contributed by atoms with Crippen LogP contribution < -0.4 is 4.90 Å². The maximum atomic E-state index is 12.3. The van der Waals surface area contributed by atoms with Crippen molar-refractivity contribution in [1.29, 1.82) is 0 Å². The maximum Gasteiger partial charge on any atom is 0.228 e. The van der Waals surface area contributed by atoms with Gasteiger partial charge in [0, 0.05) is 37.3 Å². The summed E-state index contributed by atoms with van der Waals surface area (Å²) in [5.74, 6) is 0.787. The normalized spacial score (nSPS) is 16.5. The van der Waals surface area contributed by atoms with Crippen molar-refractivity contribution >= 4 is 11.6 Å². The third kappa shape index (κ3) is 3.58. The van der Waals surface area contributed by atoms with E-state index in [0.29, 0.717) is 5.92 Å². The molecule has 0 spiro atoms. The predicted molar refractivity (Wildman–Crippen MR) is 88.8 cm³/mol. The number of carbonyl (C=O) groups is 1. The Hall–Kier alpha value is -1.51. The Morgan fingerprint density at radius 2 is 1.62 bits per heavy atom. The molecule has 1 aromatic rings. The van der Waals surface area contributed by atoms with Gasteiger partial charge in [-0.15, -0.1) is 0 Å². The van der Waals surface area contributed by atoms with Crippen LogP contribution in [0.15, 0.2) is 24.3 Å². The van der Waals surface area contributed by atoms with E-state index < -0.39 is 0 Å². The molecule has 1 aliphatic rings. The van der Waals surface area contributed by atoms with Crippen LogP contribution in [0, 0.1) is 5.41 Å². The Morgan fingerprint density at radius 3 is 2.14 bits per heavy atom. The second-order valence-corrected chi connectivity index (χ2v) is 7.24. The lowest BCUT2D eigenvalue weighted by Crippen LogP contribution is -2.51. The Kier molecular flexibility index (Phi) is 4.60. The molecule has 0 radical (unpaired) electrons. The fraction of sp³-hybridized carbons (Fsp3) is 0.611. The first-order chi connectivity index (χ1) is 9.80. The minimum atomic E-state index is -0.280. The average Bonchev–Trinajstić information content (AvgIpc) is 2.45. The van der Waals surface area contributed by atoms with Crippen molar-refractivity contribution in [2.24, 2.45) is 5.41 Å². The first kappa shape index (κ1) is 15.9. The quantitative estimate of drug-likeness (QED) is 0.831. The third-order valence-electron chi connectivity index (χ3n) is 4.11. The van der Waals surface area contributed by atoms with Crippen LogP contribution in [0.25, 0.3) is 0 Å². The number of rotatable bonds is 2. The Morgan fingerprint density at radius 1 is 1.05 bits per heavy atom. The van der Waals surface area contributed by atoms with E-state index in [2.05, 4.69) is 43.0 Å². The second kappa shape index (κ2) is 6.08. The summed E-state index contributed by atoms with van der Waals surface area (Å²) < 4.78 is 0. The van der Waals surface area contributed by atoms with Crippen LogP contribution in [0.2, 0.25) is 0 Å². The molecule has 0 N–H and O–H groups in total. The van der Waals surface area contributed by atoms with Gasteiger partial charge in [-0.3, -0.25) is 4.79 Å². The summed E-state index contributed by atoms with van der Waals surface area (Å²) >= 11 is 0. The van der Waals surface area contributed by atoms with E-state index in [9.17, 15) is 4.79 Å². The topological polar surface area (TPSA) is 23.6 Å². The first-order valence-electron chi connectivity index (χ1n) is 7.94. The Labute approximate surface area is 128 Å². The van der Waals surface area contributed by atoms with E-state index in [-0.39, 0.29) is 11.3 Å². The lowest BCUT2D eigenvalue weighted by Gasteiger charge is -2.39. The highest BCUT2D eigenvalue weighted by Gasteiger charge is 2.30. The molecule has 1 aliphatic heterocycles. The van der Waals surface area contributed by atoms with Crippen molar-refractivity contribution in [2.75, 3.05) is 31.1 Å². The fourth-order valence-corrected chi connectivity index (χ4v) is 2.89. The summed E-state index contributed by atoms with van der Waals surface area (Å²) in [5.41, 5.74) is 2.45. The van der Waals surface area contributed by atoms with Crippen LogP contribution in [0.1, 0.15) is 46.1 Å². The van der Waals surface area contributed by atoms with Gasteiger partial charge in [0.1, 0.15) is 0 Å². The monoisotopic (exact) mass is 288 g/mol. The van der Waals surface area contributed by atoms with Crippen molar-refractivity contribution in [3.05, 3.63) is 29.8 Å². The Bertz CT molecular complexity index is 494. The number of hydrogen-bond donors (Lipinski definition) is 0. The molecule has 1 heterocycles. The molecule has 0 atom stereocenters. The molecule has 1 amide bonds. The van der Waals surface area contributed by atoms with Gasteiger partial charge >= 0.3 is 0 Å². The fourth-order valence-electron chi connectivity index (χ4n) is 2.89. The van der Waals surface area contributed by atoms with Gasteiger partial charge in [-0.2, -0.15) is 0 Å². The molecular weight excluding hydrogens is 260 g/mol. The largest absolute Gasteiger partial charge is 0.368 e. The summed E-state index contributed by atoms with van der Waals surface area (Å²) in [6.45, 7) is 13.9. The van der Waals surface area contributed by atoms with E-state index in [1.165, 1.54) is 11.3 Å². The number of para-hydroxylation sites is 1. The molecule has 0 saturated carbocycles. The van der Waals surface area contributed by atoms with Crippen LogP contribution in [0.4, 0.5) is 5.69 Å². The van der Waals surface area contributed by atoms with Crippen LogP contribution in [-0.4, -0.2) is 37.0 Å². The van der Waals surface area contributed by atoms with Crippen LogP contribution >= 0.6 is 0 Å². The molecule has 1 fully saturated rings. The number of hydrogen-bond acceptors (Lipinski definition) is 2. The minimum Gasteiger partial charge on any atom is -0.368 e. The summed E-state index contributed by atoms with van der Waals surface area (Å²) in [7, 11) is 0. The lowest BCUT2D eigenvalue weighted by molar-refractivity contribution is -0.139. The third-order valence-corrected chi connectivity index (χ3v) is 4.11. The van der Waals surface area contributed by atoms with E-state index in [1.807, 2.05) is 25.7 Å². The van der Waals surface area contributed by atoms with E-state index in [4.69, 9.17) is 0 Å². The molecule has 3 nitrogen and oxygen atoms in total. The standard InChI is InChI=1S/C18H28N2O/c1-14(2)15-8-6-7-9-16(15)19-10-12-20(13-11-19)17(21)18(3,4)5/h6-9,14H,10-13H2,1-5H3. The van der Waals surface area contributed by atoms with Crippen molar-refractivity contribution in [3.8, 4) is 0 Å². The molecule has 0 bridgehead atoms. The highest BCUT2D eigenvalue weighted by Crippen LogP contribution is 2.28. The van der Waals surface area contributed by atoms with E-state index in [1.54, 1.807) is 0 Å². The smallest absolute Gasteiger partial charge is 0.228 e. The van der Waals surface area contributed by atoms with Crippen LogP contribution in [0.5, 0.6) is 0 Å². The number of carbonyl (C=O) groups excluding carboxylic acids is 1. The summed E-state index contributed by atoms with van der Waals surface area (Å²) in [6, 6.07) is 8.63. The van der Waals surface area contributed by atoms with Crippen LogP contribution in [0.3, 0.4) is 0 Å². The number of amides is 1. The molecule has 0 unspecified atom stereocenters. The molecule has 2 rings (SSSR count). The molecule has 1 aromatic carbocycles. The van der Waals surface area contributed by atoms with E-state index >= 15 is 0 Å². The first-order valence-corrected chi connectivity index (χ1v) is 7.94. The second-order valence-electron chi connectivity index (χ2n) is 7.24. The molecule has 21 heavy (non-hydrogen) atoms. The Balaban J connectivity index is 2.07. The van der Waals surface area contributed by atoms with Gasteiger partial charge in [-0.25, -0.2) is 0 Å². The molecule has 0 aliphatic carbocycles.